The van der Waals surface area contributed by atoms with Gasteiger partial charge in [-0.3, -0.25) is 4.79 Å². The topological polar surface area (TPSA) is 111 Å². The number of nitrogens with two attached hydrogens (primary N) is 1. The van der Waals surface area contributed by atoms with Crippen molar-refractivity contribution < 1.29 is 17.9 Å². The monoisotopic (exact) mass is 411 g/mol. The molecule has 1 amide bonds. The first kappa shape index (κ1) is 20.5. The van der Waals surface area contributed by atoms with E-state index in [4.69, 9.17) is 9.88 Å². The lowest BCUT2D eigenvalue weighted by Gasteiger charge is -2.14. The predicted octanol–water partition coefficient (Wildman–Crippen LogP) is 3.27. The molecule has 0 saturated heterocycles. The van der Waals surface area contributed by atoms with Gasteiger partial charge in [-0.05, 0) is 54.8 Å². The van der Waals surface area contributed by atoms with Crippen molar-refractivity contribution in [3.05, 3.63) is 71.4 Å². The van der Waals surface area contributed by atoms with Gasteiger partial charge in [0.15, 0.2) is 0 Å². The number of anilines is 1. The number of pyridine rings is 1. The Labute approximate surface area is 169 Å². The molecule has 0 radical (unpaired) electrons. The highest BCUT2D eigenvalue weighted by atomic mass is 32.2. The molecule has 0 aliphatic rings. The highest BCUT2D eigenvalue weighted by Gasteiger charge is 2.18. The van der Waals surface area contributed by atoms with Gasteiger partial charge < -0.3 is 10.1 Å². The van der Waals surface area contributed by atoms with Gasteiger partial charge in [-0.15, -0.1) is 0 Å². The van der Waals surface area contributed by atoms with Gasteiger partial charge in [0, 0.05) is 5.69 Å². The van der Waals surface area contributed by atoms with E-state index in [1.807, 2.05) is 44.2 Å². The minimum atomic E-state index is -3.96. The smallest absolute Gasteiger partial charge is 0.260 e. The number of methoxy groups -OCH3 is 1. The van der Waals surface area contributed by atoms with Crippen molar-refractivity contribution in [2.45, 2.75) is 18.7 Å². The lowest BCUT2D eigenvalue weighted by molar-refractivity contribution is 0.102. The van der Waals surface area contributed by atoms with Gasteiger partial charge in [-0.2, -0.15) is 0 Å². The van der Waals surface area contributed by atoms with Gasteiger partial charge >= 0.3 is 0 Å². The van der Waals surface area contributed by atoms with Crippen LogP contribution in [0.4, 0.5) is 5.82 Å². The van der Waals surface area contributed by atoms with E-state index in [0.717, 1.165) is 22.4 Å². The van der Waals surface area contributed by atoms with E-state index in [0.29, 0.717) is 5.82 Å². The quantitative estimate of drug-likeness (QED) is 0.669. The maximum atomic E-state index is 12.9. The molecule has 0 fully saturated rings. The summed E-state index contributed by atoms with van der Waals surface area (Å²) in [7, 11) is -2.57. The molecule has 7 nitrogen and oxygen atoms in total. The zero-order valence-corrected chi connectivity index (χ0v) is 17.1. The summed E-state index contributed by atoms with van der Waals surface area (Å²) < 4.78 is 28.5. The van der Waals surface area contributed by atoms with Crippen molar-refractivity contribution in [2.75, 3.05) is 12.4 Å². The number of aryl methyl sites for hydroxylation is 1. The van der Waals surface area contributed by atoms with Gasteiger partial charge in [-0.25, -0.2) is 18.5 Å². The Morgan fingerprint density at radius 2 is 1.76 bits per heavy atom. The molecule has 3 aromatic rings. The van der Waals surface area contributed by atoms with Crippen molar-refractivity contribution >= 4 is 21.7 Å². The number of hydrogen-bond acceptors (Lipinski definition) is 5. The van der Waals surface area contributed by atoms with Crippen molar-refractivity contribution in [2.24, 2.45) is 5.14 Å². The van der Waals surface area contributed by atoms with Crippen LogP contribution in [0, 0.1) is 13.8 Å². The summed E-state index contributed by atoms with van der Waals surface area (Å²) in [4.78, 5) is 17.1. The van der Waals surface area contributed by atoms with E-state index >= 15 is 0 Å². The van der Waals surface area contributed by atoms with Gasteiger partial charge in [0.1, 0.15) is 11.6 Å². The molecule has 0 saturated carbocycles. The summed E-state index contributed by atoms with van der Waals surface area (Å²) in [5, 5.41) is 7.90. The summed E-state index contributed by atoms with van der Waals surface area (Å²) in [5.41, 5.74) is 3.76. The number of nitrogens with one attached hydrogen (secondary N) is 1. The zero-order valence-electron chi connectivity index (χ0n) is 16.3. The highest BCUT2D eigenvalue weighted by Crippen LogP contribution is 2.28. The minimum absolute atomic E-state index is 0.0420. The Kier molecular flexibility index (Phi) is 5.67. The number of rotatable bonds is 5. The number of carbonyl (C=O) groups is 1. The van der Waals surface area contributed by atoms with Crippen LogP contribution in [0.3, 0.4) is 0 Å². The molecular formula is C21H21N3O4S. The largest absolute Gasteiger partial charge is 0.496 e. The van der Waals surface area contributed by atoms with E-state index < -0.39 is 15.9 Å². The maximum Gasteiger partial charge on any atom is 0.260 e. The number of carbonyl (C=O) groups excluding carboxylic acids is 1. The van der Waals surface area contributed by atoms with Crippen LogP contribution in [0.25, 0.3) is 11.1 Å². The van der Waals surface area contributed by atoms with Crippen LogP contribution in [-0.4, -0.2) is 26.4 Å². The molecule has 2 aromatic carbocycles. The molecule has 150 valence electrons. The molecule has 0 unspecified atom stereocenters. The summed E-state index contributed by atoms with van der Waals surface area (Å²) in [6.07, 6.45) is 0. The van der Waals surface area contributed by atoms with Crippen molar-refractivity contribution in [3.63, 3.8) is 0 Å². The summed E-state index contributed by atoms with van der Waals surface area (Å²) in [6, 6.07) is 15.4. The third-order valence-corrected chi connectivity index (χ3v) is 5.50. The third-order valence-electron chi connectivity index (χ3n) is 4.59. The zero-order chi connectivity index (χ0) is 21.2. The van der Waals surface area contributed by atoms with E-state index in [1.54, 1.807) is 6.07 Å². The molecule has 29 heavy (non-hydrogen) atoms. The summed E-state index contributed by atoms with van der Waals surface area (Å²) >= 11 is 0. The van der Waals surface area contributed by atoms with Crippen molar-refractivity contribution in [1.82, 2.24) is 4.98 Å². The van der Waals surface area contributed by atoms with Gasteiger partial charge in [0.05, 0.1) is 17.6 Å². The molecule has 1 heterocycles. The Morgan fingerprint density at radius 1 is 1.07 bits per heavy atom. The number of nitrogens with zero attached hydrogens (tertiary/aromatic N) is 1. The minimum Gasteiger partial charge on any atom is -0.496 e. The van der Waals surface area contributed by atoms with Crippen LogP contribution < -0.4 is 15.2 Å². The van der Waals surface area contributed by atoms with E-state index in [2.05, 4.69) is 10.3 Å². The Balaban J connectivity index is 2.01. The number of primary sulfonamides is 1. The molecule has 0 bridgehead atoms. The fraction of sp³-hybridized carbons (Fsp3) is 0.143. The lowest BCUT2D eigenvalue weighted by atomic mass is 10.00. The number of hydrogen-bond donors (Lipinski definition) is 2. The van der Waals surface area contributed by atoms with Crippen LogP contribution in [0.1, 0.15) is 21.6 Å². The third kappa shape index (κ3) is 4.44. The molecule has 0 atom stereocenters. The fourth-order valence-corrected chi connectivity index (χ4v) is 3.48. The standard InChI is InChI=1S/C21H21N3O4S/c1-13-14(2)23-20(12-17(13)15-7-5-4-6-8-15)24-21(25)18-11-16(29(22,26)27)9-10-19(18)28-3/h4-12H,1-3H3,(H2,22,26,27)(H,23,24,25). The average Bonchev–Trinajstić information content (AvgIpc) is 2.70. The molecule has 3 N–H and O–H groups in total. The Bertz CT molecular complexity index is 1180. The molecule has 3 rings (SSSR count). The average molecular weight is 411 g/mol. The van der Waals surface area contributed by atoms with E-state index in [-0.39, 0.29) is 16.2 Å². The van der Waals surface area contributed by atoms with E-state index in [9.17, 15) is 13.2 Å². The first-order valence-corrected chi connectivity index (χ1v) is 10.3. The number of aromatic nitrogens is 1. The Morgan fingerprint density at radius 3 is 2.38 bits per heavy atom. The summed E-state index contributed by atoms with van der Waals surface area (Å²) in [6.45, 7) is 3.83. The SMILES string of the molecule is COc1ccc(S(N)(=O)=O)cc1C(=O)Nc1cc(-c2ccccc2)c(C)c(C)n1. The first-order chi connectivity index (χ1) is 13.7. The molecule has 1 aromatic heterocycles. The molecule has 0 aliphatic heterocycles. The van der Waals surface area contributed by atoms with Gasteiger partial charge in [0.2, 0.25) is 10.0 Å². The number of benzene rings is 2. The lowest BCUT2D eigenvalue weighted by Crippen LogP contribution is -2.17. The predicted molar refractivity (Wildman–Crippen MR) is 111 cm³/mol. The van der Waals surface area contributed by atoms with Crippen LogP contribution in [-0.2, 0) is 10.0 Å². The molecule has 0 spiro atoms. The van der Waals surface area contributed by atoms with Crippen molar-refractivity contribution in [3.8, 4) is 16.9 Å². The fourth-order valence-electron chi connectivity index (χ4n) is 2.94. The molecule has 0 aliphatic carbocycles. The second kappa shape index (κ2) is 8.02. The van der Waals surface area contributed by atoms with Gasteiger partial charge in [-0.1, -0.05) is 30.3 Å². The van der Waals surface area contributed by atoms with Crippen LogP contribution in [0.2, 0.25) is 0 Å². The number of amides is 1. The van der Waals surface area contributed by atoms with Crippen LogP contribution in [0.5, 0.6) is 5.75 Å². The summed E-state index contributed by atoms with van der Waals surface area (Å²) in [5.74, 6) is 0.0177. The second-order valence-electron chi connectivity index (χ2n) is 6.49. The van der Waals surface area contributed by atoms with Crippen LogP contribution >= 0.6 is 0 Å². The van der Waals surface area contributed by atoms with Crippen LogP contribution in [0.15, 0.2) is 59.5 Å². The highest BCUT2D eigenvalue weighted by molar-refractivity contribution is 7.89. The van der Waals surface area contributed by atoms with Gasteiger partial charge in [0.25, 0.3) is 5.91 Å². The van der Waals surface area contributed by atoms with E-state index in [1.165, 1.54) is 25.3 Å². The molecule has 8 heteroatoms. The maximum absolute atomic E-state index is 12.9. The normalized spacial score (nSPS) is 11.2. The van der Waals surface area contributed by atoms with Crippen molar-refractivity contribution in [1.29, 1.82) is 0 Å². The number of ether oxygens (including phenoxy) is 1. The second-order valence-corrected chi connectivity index (χ2v) is 8.05. The number of sulfonamides is 1. The first-order valence-electron chi connectivity index (χ1n) is 8.76. The molecular weight excluding hydrogens is 390 g/mol. The Hall–Kier alpha value is -3.23.